The number of nitrogens with zero attached hydrogens (tertiary/aromatic N) is 1. The van der Waals surface area contributed by atoms with Gasteiger partial charge in [0.2, 0.25) is 0 Å². The number of rotatable bonds is 4. The molecule has 1 fully saturated rings. The largest absolute Gasteiger partial charge is 0.458 e. The fourth-order valence-corrected chi connectivity index (χ4v) is 3.20. The Balaban J connectivity index is 1.83. The van der Waals surface area contributed by atoms with E-state index in [1.54, 1.807) is 0 Å². The van der Waals surface area contributed by atoms with Gasteiger partial charge in [-0.25, -0.2) is 0 Å². The molecule has 1 heterocycles. The number of fused-ring (bicyclic) bond motifs is 1. The minimum atomic E-state index is -0.335. The average Bonchev–Trinajstić information content (AvgIpc) is 2.73. The minimum Gasteiger partial charge on any atom is -0.403 e. The van der Waals surface area contributed by atoms with Crippen molar-refractivity contribution in [1.82, 2.24) is 0 Å². The first kappa shape index (κ1) is 17.0. The van der Waals surface area contributed by atoms with Gasteiger partial charge in [-0.1, -0.05) is 42.5 Å². The van der Waals surface area contributed by atoms with E-state index in [1.807, 2.05) is 12.1 Å². The Kier molecular flexibility index (Phi) is 4.42. The Morgan fingerprint density at radius 3 is 2.25 bits per heavy atom. The van der Waals surface area contributed by atoms with Crippen molar-refractivity contribution in [2.75, 3.05) is 0 Å². The van der Waals surface area contributed by atoms with E-state index in [-0.39, 0.29) is 24.2 Å². The second-order valence-electron chi connectivity index (χ2n) is 7.59. The van der Waals surface area contributed by atoms with E-state index in [4.69, 9.17) is 9.31 Å². The summed E-state index contributed by atoms with van der Waals surface area (Å²) >= 11 is 0. The van der Waals surface area contributed by atoms with Crippen molar-refractivity contribution in [2.45, 2.75) is 57.6 Å². The van der Waals surface area contributed by atoms with Gasteiger partial charge in [-0.2, -0.15) is 5.26 Å². The van der Waals surface area contributed by atoms with Crippen LogP contribution in [-0.4, -0.2) is 18.3 Å². The molecule has 24 heavy (non-hydrogen) atoms. The highest BCUT2D eigenvalue weighted by atomic mass is 16.7. The first-order valence-corrected chi connectivity index (χ1v) is 8.54. The molecule has 3 rings (SSSR count). The number of hydrogen-bond donors (Lipinski definition) is 0. The summed E-state index contributed by atoms with van der Waals surface area (Å²) in [6.07, 6.45) is 1.15. The van der Waals surface area contributed by atoms with Crippen molar-refractivity contribution in [1.29, 1.82) is 5.26 Å². The van der Waals surface area contributed by atoms with Crippen molar-refractivity contribution >= 4 is 17.9 Å². The Morgan fingerprint density at radius 1 is 1.00 bits per heavy atom. The third-order valence-corrected chi connectivity index (χ3v) is 5.36. The lowest BCUT2D eigenvalue weighted by atomic mass is 9.73. The smallest absolute Gasteiger partial charge is 0.403 e. The van der Waals surface area contributed by atoms with Crippen molar-refractivity contribution < 1.29 is 9.31 Å². The molecule has 0 N–H and O–H groups in total. The van der Waals surface area contributed by atoms with Crippen LogP contribution >= 0.6 is 0 Å². The summed E-state index contributed by atoms with van der Waals surface area (Å²) < 4.78 is 12.2. The molecule has 2 aromatic carbocycles. The maximum atomic E-state index is 9.26. The number of hydrogen-bond acceptors (Lipinski definition) is 3. The lowest BCUT2D eigenvalue weighted by molar-refractivity contribution is 0.00578. The third kappa shape index (κ3) is 3.20. The number of nitriles is 1. The van der Waals surface area contributed by atoms with Crippen LogP contribution in [0.2, 0.25) is 6.32 Å². The molecule has 124 valence electrons. The molecule has 0 aromatic heterocycles. The summed E-state index contributed by atoms with van der Waals surface area (Å²) in [6, 6.07) is 17.0. The molecule has 1 saturated heterocycles. The zero-order chi connectivity index (χ0) is 17.4. The first-order valence-electron chi connectivity index (χ1n) is 8.54. The van der Waals surface area contributed by atoms with Gasteiger partial charge in [0.25, 0.3) is 0 Å². The minimum absolute atomic E-state index is 0.106. The van der Waals surface area contributed by atoms with Crippen LogP contribution < -0.4 is 0 Å². The van der Waals surface area contributed by atoms with E-state index >= 15 is 0 Å². The highest BCUT2D eigenvalue weighted by Gasteiger charge is 2.51. The van der Waals surface area contributed by atoms with Crippen LogP contribution in [0.3, 0.4) is 0 Å². The summed E-state index contributed by atoms with van der Waals surface area (Å²) in [7, 11) is -0.278. The third-order valence-electron chi connectivity index (χ3n) is 5.36. The molecule has 0 aliphatic carbocycles. The van der Waals surface area contributed by atoms with Gasteiger partial charge in [-0.05, 0) is 56.3 Å². The van der Waals surface area contributed by atoms with Gasteiger partial charge < -0.3 is 9.31 Å². The highest BCUT2D eigenvalue weighted by molar-refractivity contribution is 6.45. The first-order chi connectivity index (χ1) is 11.3. The van der Waals surface area contributed by atoms with Gasteiger partial charge in [-0.15, -0.1) is 0 Å². The standard InChI is InChI=1S/C20H24BNO2/c1-19(2)20(3,4)24-21(23-19)14-18(11-12-22)17-10-9-15-7-5-6-8-16(15)13-17/h5-10,13,18H,11,14H2,1-4H3. The summed E-state index contributed by atoms with van der Waals surface area (Å²) in [5.41, 5.74) is 0.501. The zero-order valence-electron chi connectivity index (χ0n) is 14.9. The average molecular weight is 321 g/mol. The van der Waals surface area contributed by atoms with Crippen LogP contribution in [0.25, 0.3) is 10.8 Å². The van der Waals surface area contributed by atoms with Gasteiger partial charge in [0.15, 0.2) is 0 Å². The van der Waals surface area contributed by atoms with Crippen molar-refractivity contribution in [2.24, 2.45) is 0 Å². The van der Waals surface area contributed by atoms with Crippen LogP contribution in [0.15, 0.2) is 42.5 Å². The predicted octanol–water partition coefficient (Wildman–Crippen LogP) is 4.93. The monoisotopic (exact) mass is 321 g/mol. The van der Waals surface area contributed by atoms with Gasteiger partial charge in [0.05, 0.1) is 17.3 Å². The van der Waals surface area contributed by atoms with Crippen LogP contribution in [0, 0.1) is 11.3 Å². The molecule has 4 heteroatoms. The molecule has 1 aliphatic heterocycles. The SMILES string of the molecule is CC1(C)OB(CC(CC#N)c2ccc3ccccc3c2)OC1(C)C. The maximum absolute atomic E-state index is 9.26. The molecular formula is C20H24BNO2. The van der Waals surface area contributed by atoms with Gasteiger partial charge in [0.1, 0.15) is 0 Å². The lowest BCUT2D eigenvalue weighted by Crippen LogP contribution is -2.41. The van der Waals surface area contributed by atoms with Crippen molar-refractivity contribution in [3.63, 3.8) is 0 Å². The van der Waals surface area contributed by atoms with Crippen LogP contribution in [0.1, 0.15) is 45.6 Å². The van der Waals surface area contributed by atoms with Gasteiger partial charge >= 0.3 is 7.12 Å². The molecule has 3 nitrogen and oxygen atoms in total. The molecule has 0 amide bonds. The molecule has 0 spiro atoms. The quantitative estimate of drug-likeness (QED) is 0.750. The Bertz CT molecular complexity index is 763. The molecule has 1 unspecified atom stereocenters. The Morgan fingerprint density at radius 2 is 1.62 bits per heavy atom. The van der Waals surface area contributed by atoms with Crippen LogP contribution in [-0.2, 0) is 9.31 Å². The summed E-state index contributed by atoms with van der Waals surface area (Å²) in [5.74, 6) is 0.106. The molecule has 0 saturated carbocycles. The van der Waals surface area contributed by atoms with E-state index in [1.165, 1.54) is 16.3 Å². The van der Waals surface area contributed by atoms with E-state index in [9.17, 15) is 5.26 Å². The Labute approximate surface area is 144 Å². The van der Waals surface area contributed by atoms with Gasteiger partial charge in [-0.3, -0.25) is 0 Å². The highest BCUT2D eigenvalue weighted by Crippen LogP contribution is 2.40. The fourth-order valence-electron chi connectivity index (χ4n) is 3.20. The number of benzene rings is 2. The lowest BCUT2D eigenvalue weighted by Gasteiger charge is -2.32. The van der Waals surface area contributed by atoms with Crippen LogP contribution in [0.5, 0.6) is 0 Å². The van der Waals surface area contributed by atoms with Crippen molar-refractivity contribution in [3.8, 4) is 6.07 Å². The summed E-state index contributed by atoms with van der Waals surface area (Å²) in [5, 5.41) is 11.7. The maximum Gasteiger partial charge on any atom is 0.458 e. The summed E-state index contributed by atoms with van der Waals surface area (Å²) in [4.78, 5) is 0. The predicted molar refractivity (Wildman–Crippen MR) is 97.8 cm³/mol. The molecular weight excluding hydrogens is 297 g/mol. The normalized spacial score (nSPS) is 20.0. The van der Waals surface area contributed by atoms with E-state index in [0.717, 1.165) is 0 Å². The molecule has 2 aromatic rings. The van der Waals surface area contributed by atoms with E-state index < -0.39 is 0 Å². The van der Waals surface area contributed by atoms with E-state index in [0.29, 0.717) is 12.7 Å². The fraction of sp³-hybridized carbons (Fsp3) is 0.450. The second-order valence-corrected chi connectivity index (χ2v) is 7.59. The van der Waals surface area contributed by atoms with Crippen molar-refractivity contribution in [3.05, 3.63) is 48.0 Å². The zero-order valence-corrected chi connectivity index (χ0v) is 14.9. The summed E-state index contributed by atoms with van der Waals surface area (Å²) in [6.45, 7) is 8.23. The molecule has 1 atom stereocenters. The topological polar surface area (TPSA) is 42.2 Å². The van der Waals surface area contributed by atoms with E-state index in [2.05, 4.69) is 64.1 Å². The Hall–Kier alpha value is -1.83. The van der Waals surface area contributed by atoms with Crippen LogP contribution in [0.4, 0.5) is 0 Å². The van der Waals surface area contributed by atoms with Gasteiger partial charge in [0, 0.05) is 6.42 Å². The second kappa shape index (κ2) is 6.24. The molecule has 0 radical (unpaired) electrons. The molecule has 0 bridgehead atoms. The molecule has 1 aliphatic rings.